The van der Waals surface area contributed by atoms with E-state index >= 15 is 0 Å². The van der Waals surface area contributed by atoms with Gasteiger partial charge in [-0.1, -0.05) is 13.3 Å². The van der Waals surface area contributed by atoms with Crippen LogP contribution in [0.2, 0.25) is 0 Å². The second kappa shape index (κ2) is 3.55. The van der Waals surface area contributed by atoms with Crippen LogP contribution in [0, 0.1) is 5.92 Å². The maximum Gasteiger partial charge on any atom is 0.0796 e. The molecule has 1 rings (SSSR count). The van der Waals surface area contributed by atoms with Crippen molar-refractivity contribution in [2.45, 2.75) is 38.2 Å². The van der Waals surface area contributed by atoms with Crippen molar-refractivity contribution in [3.05, 3.63) is 0 Å². The summed E-state index contributed by atoms with van der Waals surface area (Å²) in [5, 5.41) is 13.1. The monoisotopic (exact) mass is 157 g/mol. The van der Waals surface area contributed by atoms with Gasteiger partial charge < -0.3 is 10.4 Å². The summed E-state index contributed by atoms with van der Waals surface area (Å²) in [6.45, 7) is 2.81. The van der Waals surface area contributed by atoms with E-state index in [2.05, 4.69) is 12.2 Å². The number of hydrogen-bond donors (Lipinski definition) is 2. The highest BCUT2D eigenvalue weighted by atomic mass is 16.3. The standard InChI is InChI=1S/C9H19NO/c1-3-9(11,7-10-2)8-5-4-6-8/h8,10-11H,3-7H2,1-2H3. The largest absolute Gasteiger partial charge is 0.388 e. The lowest BCUT2D eigenvalue weighted by Crippen LogP contribution is -2.48. The molecule has 0 amide bonds. The molecule has 0 spiro atoms. The van der Waals surface area contributed by atoms with Crippen molar-refractivity contribution in [3.8, 4) is 0 Å². The van der Waals surface area contributed by atoms with E-state index in [1.807, 2.05) is 7.05 Å². The van der Waals surface area contributed by atoms with Gasteiger partial charge in [0.25, 0.3) is 0 Å². The summed E-state index contributed by atoms with van der Waals surface area (Å²) >= 11 is 0. The van der Waals surface area contributed by atoms with Crippen molar-refractivity contribution in [2.24, 2.45) is 5.92 Å². The van der Waals surface area contributed by atoms with Gasteiger partial charge in [-0.15, -0.1) is 0 Å². The minimum Gasteiger partial charge on any atom is -0.388 e. The first kappa shape index (κ1) is 9.01. The van der Waals surface area contributed by atoms with E-state index < -0.39 is 5.60 Å². The minimum absolute atomic E-state index is 0.424. The number of aliphatic hydroxyl groups is 1. The van der Waals surface area contributed by atoms with Crippen molar-refractivity contribution in [1.29, 1.82) is 0 Å². The molecule has 0 aromatic heterocycles. The molecule has 1 aliphatic carbocycles. The van der Waals surface area contributed by atoms with Crippen LogP contribution in [-0.4, -0.2) is 24.3 Å². The Morgan fingerprint density at radius 1 is 1.55 bits per heavy atom. The van der Waals surface area contributed by atoms with Crippen molar-refractivity contribution >= 4 is 0 Å². The van der Waals surface area contributed by atoms with E-state index in [0.29, 0.717) is 5.92 Å². The topological polar surface area (TPSA) is 32.3 Å². The van der Waals surface area contributed by atoms with E-state index in [0.717, 1.165) is 13.0 Å². The van der Waals surface area contributed by atoms with Gasteiger partial charge in [0.05, 0.1) is 5.60 Å². The molecule has 1 saturated carbocycles. The molecule has 0 heterocycles. The Morgan fingerprint density at radius 3 is 2.45 bits per heavy atom. The molecule has 0 aliphatic heterocycles. The van der Waals surface area contributed by atoms with Crippen LogP contribution in [-0.2, 0) is 0 Å². The molecule has 0 aromatic rings. The Hall–Kier alpha value is -0.0800. The van der Waals surface area contributed by atoms with Gasteiger partial charge in [-0.25, -0.2) is 0 Å². The van der Waals surface area contributed by atoms with E-state index in [1.54, 1.807) is 0 Å². The zero-order valence-corrected chi connectivity index (χ0v) is 7.56. The summed E-state index contributed by atoms with van der Waals surface area (Å²) in [5.41, 5.74) is -0.424. The second-order valence-electron chi connectivity index (χ2n) is 3.62. The molecule has 2 N–H and O–H groups in total. The van der Waals surface area contributed by atoms with Gasteiger partial charge in [0.15, 0.2) is 0 Å². The van der Waals surface area contributed by atoms with Crippen LogP contribution in [0.3, 0.4) is 0 Å². The lowest BCUT2D eigenvalue weighted by atomic mass is 9.71. The fourth-order valence-corrected chi connectivity index (χ4v) is 1.81. The summed E-state index contributed by atoms with van der Waals surface area (Å²) in [4.78, 5) is 0. The van der Waals surface area contributed by atoms with Gasteiger partial charge in [-0.2, -0.15) is 0 Å². The molecule has 2 heteroatoms. The first-order valence-electron chi connectivity index (χ1n) is 4.60. The molecular weight excluding hydrogens is 138 g/mol. The zero-order valence-electron chi connectivity index (χ0n) is 7.56. The molecule has 1 fully saturated rings. The van der Waals surface area contributed by atoms with Crippen molar-refractivity contribution in [3.63, 3.8) is 0 Å². The third kappa shape index (κ3) is 1.74. The SMILES string of the molecule is CCC(O)(CNC)C1CCC1. The van der Waals surface area contributed by atoms with Gasteiger partial charge in [-0.05, 0) is 32.2 Å². The highest BCUT2D eigenvalue weighted by Gasteiger charge is 2.37. The van der Waals surface area contributed by atoms with Crippen LogP contribution in [0.5, 0.6) is 0 Å². The Morgan fingerprint density at radius 2 is 2.18 bits per heavy atom. The van der Waals surface area contributed by atoms with Crippen molar-refractivity contribution in [1.82, 2.24) is 5.32 Å². The molecule has 1 atom stereocenters. The third-order valence-electron chi connectivity index (χ3n) is 2.96. The molecule has 11 heavy (non-hydrogen) atoms. The van der Waals surface area contributed by atoms with E-state index in [9.17, 15) is 5.11 Å². The average molecular weight is 157 g/mol. The van der Waals surface area contributed by atoms with Gasteiger partial charge in [0, 0.05) is 6.54 Å². The highest BCUT2D eigenvalue weighted by Crippen LogP contribution is 2.37. The summed E-state index contributed by atoms with van der Waals surface area (Å²) in [6.07, 6.45) is 4.60. The van der Waals surface area contributed by atoms with Crippen LogP contribution >= 0.6 is 0 Å². The van der Waals surface area contributed by atoms with Crippen LogP contribution in [0.25, 0.3) is 0 Å². The Balaban J connectivity index is 2.43. The summed E-state index contributed by atoms with van der Waals surface area (Å²) < 4.78 is 0. The smallest absolute Gasteiger partial charge is 0.0796 e. The van der Waals surface area contributed by atoms with Gasteiger partial charge in [-0.3, -0.25) is 0 Å². The van der Waals surface area contributed by atoms with Crippen LogP contribution < -0.4 is 5.32 Å². The molecular formula is C9H19NO. The van der Waals surface area contributed by atoms with E-state index in [-0.39, 0.29) is 0 Å². The normalized spacial score (nSPS) is 24.3. The average Bonchev–Trinajstić information content (AvgIpc) is 1.84. The molecule has 1 unspecified atom stereocenters. The molecule has 2 nitrogen and oxygen atoms in total. The molecule has 66 valence electrons. The number of nitrogens with one attached hydrogen (secondary N) is 1. The van der Waals surface area contributed by atoms with Crippen molar-refractivity contribution in [2.75, 3.05) is 13.6 Å². The van der Waals surface area contributed by atoms with E-state index in [1.165, 1.54) is 19.3 Å². The number of hydrogen-bond acceptors (Lipinski definition) is 2. The fraction of sp³-hybridized carbons (Fsp3) is 1.00. The number of rotatable bonds is 4. The quantitative estimate of drug-likeness (QED) is 0.641. The summed E-state index contributed by atoms with van der Waals surface area (Å²) in [6, 6.07) is 0. The van der Waals surface area contributed by atoms with Crippen LogP contribution in [0.4, 0.5) is 0 Å². The Kier molecular flexibility index (Phi) is 2.90. The van der Waals surface area contributed by atoms with Crippen molar-refractivity contribution < 1.29 is 5.11 Å². The molecule has 0 bridgehead atoms. The Labute approximate surface area is 69.0 Å². The number of likely N-dealkylation sites (N-methyl/N-ethyl adjacent to an activating group) is 1. The first-order valence-corrected chi connectivity index (χ1v) is 4.60. The summed E-state index contributed by atoms with van der Waals surface area (Å²) in [7, 11) is 1.90. The van der Waals surface area contributed by atoms with Crippen LogP contribution in [0.1, 0.15) is 32.6 Å². The lowest BCUT2D eigenvalue weighted by Gasteiger charge is -2.41. The zero-order chi connectivity index (χ0) is 8.32. The van der Waals surface area contributed by atoms with Gasteiger partial charge in [0.2, 0.25) is 0 Å². The third-order valence-corrected chi connectivity index (χ3v) is 2.96. The molecule has 0 radical (unpaired) electrons. The molecule has 0 saturated heterocycles. The second-order valence-corrected chi connectivity index (χ2v) is 3.62. The maximum absolute atomic E-state index is 10.1. The Bertz CT molecular complexity index is 123. The predicted molar refractivity (Wildman–Crippen MR) is 46.5 cm³/mol. The fourth-order valence-electron chi connectivity index (χ4n) is 1.81. The minimum atomic E-state index is -0.424. The van der Waals surface area contributed by atoms with Crippen LogP contribution in [0.15, 0.2) is 0 Å². The van der Waals surface area contributed by atoms with Gasteiger partial charge >= 0.3 is 0 Å². The predicted octanol–water partition coefficient (Wildman–Crippen LogP) is 1.15. The maximum atomic E-state index is 10.1. The first-order chi connectivity index (χ1) is 5.23. The van der Waals surface area contributed by atoms with E-state index in [4.69, 9.17) is 0 Å². The molecule has 0 aromatic carbocycles. The highest BCUT2D eigenvalue weighted by molar-refractivity contribution is 4.91. The molecule has 1 aliphatic rings. The van der Waals surface area contributed by atoms with Gasteiger partial charge in [0.1, 0.15) is 0 Å². The lowest BCUT2D eigenvalue weighted by molar-refractivity contribution is -0.0504. The summed E-state index contributed by atoms with van der Waals surface area (Å²) in [5.74, 6) is 0.556.